The molecule has 5 heteroatoms. The van der Waals surface area contributed by atoms with Gasteiger partial charge in [0.2, 0.25) is 0 Å². The van der Waals surface area contributed by atoms with E-state index in [0.29, 0.717) is 6.61 Å². The molecule has 0 radical (unpaired) electrons. The zero-order chi connectivity index (χ0) is 8.16. The van der Waals surface area contributed by atoms with Crippen molar-refractivity contribution < 1.29 is 18.1 Å². The van der Waals surface area contributed by atoms with E-state index in [1.54, 1.807) is 19.1 Å². The van der Waals surface area contributed by atoms with E-state index in [1.165, 1.54) is 0 Å². The lowest BCUT2D eigenvalue weighted by Gasteiger charge is -2.12. The second-order valence-electron chi connectivity index (χ2n) is 1.93. The van der Waals surface area contributed by atoms with E-state index in [9.17, 15) is 4.57 Å². The Hall–Kier alpha value is -0.150. The van der Waals surface area contributed by atoms with Gasteiger partial charge in [-0.3, -0.25) is 13.6 Å². The lowest BCUT2D eigenvalue weighted by molar-refractivity contribution is 0.141. The molecule has 1 rings (SSSR count). The van der Waals surface area contributed by atoms with E-state index >= 15 is 0 Å². The zero-order valence-corrected chi connectivity index (χ0v) is 7.25. The molecule has 0 spiro atoms. The van der Waals surface area contributed by atoms with Crippen LogP contribution in [-0.4, -0.2) is 19.8 Å². The summed E-state index contributed by atoms with van der Waals surface area (Å²) >= 11 is 0. The van der Waals surface area contributed by atoms with Crippen molar-refractivity contribution in [3.05, 3.63) is 12.2 Å². The highest BCUT2D eigenvalue weighted by molar-refractivity contribution is 7.48. The fraction of sp³-hybridized carbons (Fsp3) is 0.667. The first-order valence-corrected chi connectivity index (χ1v) is 4.91. The summed E-state index contributed by atoms with van der Waals surface area (Å²) in [5.74, 6) is 0. The Bertz CT molecular complexity index is 175. The molecule has 0 N–H and O–H groups in total. The largest absolute Gasteiger partial charge is 0.475 e. The first kappa shape index (κ1) is 8.94. The molecule has 64 valence electrons. The molecule has 1 heterocycles. The van der Waals surface area contributed by atoms with Gasteiger partial charge in [0.1, 0.15) is 0 Å². The van der Waals surface area contributed by atoms with E-state index in [2.05, 4.69) is 0 Å². The average Bonchev–Trinajstić information content (AvgIpc) is 2.15. The summed E-state index contributed by atoms with van der Waals surface area (Å²) in [6.07, 6.45) is 3.50. The van der Waals surface area contributed by atoms with Crippen LogP contribution in [0.3, 0.4) is 0 Å². The Balaban J connectivity index is 2.50. The summed E-state index contributed by atoms with van der Waals surface area (Å²) in [6, 6.07) is 0. The van der Waals surface area contributed by atoms with Gasteiger partial charge in [0.15, 0.2) is 0 Å². The van der Waals surface area contributed by atoms with Gasteiger partial charge >= 0.3 is 7.82 Å². The molecule has 0 aromatic rings. The van der Waals surface area contributed by atoms with Gasteiger partial charge in [-0.05, 0) is 6.92 Å². The molecule has 0 aromatic heterocycles. The summed E-state index contributed by atoms with van der Waals surface area (Å²) in [4.78, 5) is 0. The highest BCUT2D eigenvalue weighted by Crippen LogP contribution is 2.49. The number of hydrogen-bond acceptors (Lipinski definition) is 4. The SMILES string of the molecule is CCOP1(=O)OCC=CCO1. The fourth-order valence-corrected chi connectivity index (χ4v) is 1.75. The average molecular weight is 178 g/mol. The smallest absolute Gasteiger partial charge is 0.287 e. The molecule has 11 heavy (non-hydrogen) atoms. The molecule has 0 aromatic carbocycles. The normalized spacial score (nSPS) is 23.0. The second kappa shape index (κ2) is 4.02. The third-order valence-corrected chi connectivity index (χ3v) is 2.62. The Labute approximate surface area is 65.8 Å². The van der Waals surface area contributed by atoms with E-state index in [0.717, 1.165) is 0 Å². The van der Waals surface area contributed by atoms with E-state index in [4.69, 9.17) is 13.6 Å². The predicted molar refractivity (Wildman–Crippen MR) is 40.3 cm³/mol. The van der Waals surface area contributed by atoms with Crippen LogP contribution in [0.25, 0.3) is 0 Å². The molecule has 0 saturated carbocycles. The molecule has 1 aliphatic rings. The molecule has 4 nitrogen and oxygen atoms in total. The van der Waals surface area contributed by atoms with E-state index in [1.807, 2.05) is 0 Å². The quantitative estimate of drug-likeness (QED) is 0.477. The maximum Gasteiger partial charge on any atom is 0.475 e. The molecule has 0 saturated heterocycles. The number of rotatable bonds is 2. The minimum Gasteiger partial charge on any atom is -0.287 e. The highest BCUT2D eigenvalue weighted by atomic mass is 31.2. The fourth-order valence-electron chi connectivity index (χ4n) is 0.675. The predicted octanol–water partition coefficient (Wildman–Crippen LogP) is 1.73. The number of phosphoric ester groups is 1. The van der Waals surface area contributed by atoms with Gasteiger partial charge in [-0.25, -0.2) is 4.57 Å². The lowest BCUT2D eigenvalue weighted by Crippen LogP contribution is -1.97. The second-order valence-corrected chi connectivity index (χ2v) is 3.60. The van der Waals surface area contributed by atoms with Crippen molar-refractivity contribution in [3.8, 4) is 0 Å². The Morgan fingerprint density at radius 3 is 2.45 bits per heavy atom. The monoisotopic (exact) mass is 178 g/mol. The topological polar surface area (TPSA) is 44.8 Å². The number of hydrogen-bond donors (Lipinski definition) is 0. The first-order valence-electron chi connectivity index (χ1n) is 3.45. The van der Waals surface area contributed by atoms with Gasteiger partial charge in [0.05, 0.1) is 19.8 Å². The van der Waals surface area contributed by atoms with Crippen LogP contribution >= 0.6 is 7.82 Å². The van der Waals surface area contributed by atoms with Crippen molar-refractivity contribution >= 4 is 7.82 Å². The van der Waals surface area contributed by atoms with Crippen LogP contribution < -0.4 is 0 Å². The van der Waals surface area contributed by atoms with Gasteiger partial charge in [-0.15, -0.1) is 0 Å². The van der Waals surface area contributed by atoms with Crippen LogP contribution in [0.5, 0.6) is 0 Å². The summed E-state index contributed by atoms with van der Waals surface area (Å²) in [6.45, 7) is 2.65. The van der Waals surface area contributed by atoms with Crippen molar-refractivity contribution in [2.75, 3.05) is 19.8 Å². The van der Waals surface area contributed by atoms with Gasteiger partial charge in [-0.2, -0.15) is 0 Å². The van der Waals surface area contributed by atoms with Crippen molar-refractivity contribution in [2.24, 2.45) is 0 Å². The van der Waals surface area contributed by atoms with Crippen LogP contribution in [0, 0.1) is 0 Å². The Kier molecular flexibility index (Phi) is 3.27. The third-order valence-electron chi connectivity index (χ3n) is 1.11. The molecule has 0 atom stereocenters. The summed E-state index contributed by atoms with van der Waals surface area (Å²) in [7, 11) is -3.22. The summed E-state index contributed by atoms with van der Waals surface area (Å²) < 4.78 is 25.9. The molecule has 0 unspecified atom stereocenters. The summed E-state index contributed by atoms with van der Waals surface area (Å²) in [5.41, 5.74) is 0. The molecular weight excluding hydrogens is 167 g/mol. The van der Waals surface area contributed by atoms with Gasteiger partial charge in [0.25, 0.3) is 0 Å². The van der Waals surface area contributed by atoms with Gasteiger partial charge < -0.3 is 0 Å². The van der Waals surface area contributed by atoms with E-state index < -0.39 is 7.82 Å². The van der Waals surface area contributed by atoms with Gasteiger partial charge in [-0.1, -0.05) is 12.2 Å². The molecule has 0 aliphatic carbocycles. The van der Waals surface area contributed by atoms with Crippen molar-refractivity contribution in [2.45, 2.75) is 6.92 Å². The standard InChI is InChI=1S/C6H11O4P/c1-2-8-11(7)9-5-3-4-6-10-11/h3-4H,2,5-6H2,1H3. The zero-order valence-electron chi connectivity index (χ0n) is 6.36. The highest BCUT2D eigenvalue weighted by Gasteiger charge is 2.25. The lowest BCUT2D eigenvalue weighted by atomic mass is 10.5. The summed E-state index contributed by atoms with van der Waals surface area (Å²) in [5, 5.41) is 0. The third kappa shape index (κ3) is 2.75. The molecule has 0 bridgehead atoms. The van der Waals surface area contributed by atoms with E-state index in [-0.39, 0.29) is 13.2 Å². The maximum atomic E-state index is 11.3. The van der Waals surface area contributed by atoms with Crippen LogP contribution in [0.1, 0.15) is 6.92 Å². The van der Waals surface area contributed by atoms with Crippen molar-refractivity contribution in [3.63, 3.8) is 0 Å². The van der Waals surface area contributed by atoms with Crippen LogP contribution in [0.2, 0.25) is 0 Å². The van der Waals surface area contributed by atoms with Crippen molar-refractivity contribution in [1.82, 2.24) is 0 Å². The number of phosphoric acid groups is 1. The minimum atomic E-state index is -3.22. The maximum absolute atomic E-state index is 11.3. The first-order chi connectivity index (χ1) is 5.27. The van der Waals surface area contributed by atoms with Crippen LogP contribution in [0.15, 0.2) is 12.2 Å². The van der Waals surface area contributed by atoms with Crippen molar-refractivity contribution in [1.29, 1.82) is 0 Å². The van der Waals surface area contributed by atoms with Crippen LogP contribution in [-0.2, 0) is 18.1 Å². The van der Waals surface area contributed by atoms with Gasteiger partial charge in [0, 0.05) is 0 Å². The molecule has 0 amide bonds. The van der Waals surface area contributed by atoms with Crippen LogP contribution in [0.4, 0.5) is 0 Å². The Morgan fingerprint density at radius 2 is 2.00 bits per heavy atom. The Morgan fingerprint density at radius 1 is 1.45 bits per heavy atom. The molecular formula is C6H11O4P. The molecule has 1 aliphatic heterocycles. The minimum absolute atomic E-state index is 0.289. The molecule has 0 fully saturated rings.